The third kappa shape index (κ3) is 43.5. The van der Waals surface area contributed by atoms with Crippen LogP contribution in [0.5, 0.6) is 0 Å². The summed E-state index contributed by atoms with van der Waals surface area (Å²) in [5, 5.41) is 8.33. The van der Waals surface area contributed by atoms with Crippen LogP contribution >= 0.6 is 0 Å². The molecule has 0 unspecified atom stereocenters. The van der Waals surface area contributed by atoms with Gasteiger partial charge in [-0.3, -0.25) is 9.59 Å². The first-order chi connectivity index (χ1) is 15.4. The minimum absolute atomic E-state index is 0. The zero-order valence-electron chi connectivity index (χ0n) is 20.5. The summed E-state index contributed by atoms with van der Waals surface area (Å²) in [6.07, 6.45) is -3.53. The number of ether oxygens (including phenoxy) is 3. The molecule has 0 aromatic carbocycles. The number of hydrogen-bond donors (Lipinski definition) is 1. The van der Waals surface area contributed by atoms with Gasteiger partial charge in [0.05, 0.1) is 33.2 Å². The largest absolute Gasteiger partial charge is 1.00 e. The van der Waals surface area contributed by atoms with E-state index in [4.69, 9.17) is 14.6 Å². The van der Waals surface area contributed by atoms with Crippen LogP contribution in [0, 0.1) is 0 Å². The number of halogens is 6. The molecule has 206 valence electrons. The Balaban J connectivity index is -0.000000260. The number of hydrogen-bond acceptors (Lipinski definition) is 6. The molecule has 14 heteroatoms. The summed E-state index contributed by atoms with van der Waals surface area (Å²) in [6, 6.07) is 0. The fourth-order valence-corrected chi connectivity index (χ4v) is 2.34. The number of alkyl halides is 6. The summed E-state index contributed by atoms with van der Waals surface area (Å²) in [7, 11) is 1.34. The first-order valence-corrected chi connectivity index (χ1v) is 10.9. The molecule has 0 aromatic rings. The zero-order valence-corrected chi connectivity index (χ0v) is 20.5. The summed E-state index contributed by atoms with van der Waals surface area (Å²) in [5.74, 6) is -1.05. The van der Waals surface area contributed by atoms with Crippen molar-refractivity contribution < 1.29 is 79.6 Å². The van der Waals surface area contributed by atoms with Crippen LogP contribution < -0.4 is 18.9 Å². The van der Waals surface area contributed by atoms with E-state index in [2.05, 4.69) is 4.74 Å². The number of rotatable bonds is 18. The molecule has 0 saturated carbocycles. The van der Waals surface area contributed by atoms with E-state index < -0.39 is 31.2 Å². The molecule has 0 aliphatic carbocycles. The molecule has 0 rings (SSSR count). The van der Waals surface area contributed by atoms with Gasteiger partial charge in [-0.05, 0) is 25.7 Å². The van der Waals surface area contributed by atoms with E-state index in [1.807, 2.05) is 0 Å². The first kappa shape index (κ1) is 41.1. The molecule has 0 amide bonds. The fraction of sp³-hybridized carbons (Fsp3) is 0.905. The van der Waals surface area contributed by atoms with Crippen molar-refractivity contribution in [3.63, 3.8) is 0 Å². The van der Waals surface area contributed by atoms with E-state index in [9.17, 15) is 35.9 Å². The number of carboxylic acids is 1. The molecule has 0 radical (unpaired) electrons. The molecule has 0 aliphatic rings. The minimum atomic E-state index is -4.15. The first-order valence-electron chi connectivity index (χ1n) is 10.9. The van der Waals surface area contributed by atoms with Crippen molar-refractivity contribution in [2.45, 2.75) is 89.4 Å². The topological polar surface area (TPSA) is 112 Å². The van der Waals surface area contributed by atoms with Crippen molar-refractivity contribution in [2.24, 2.45) is 0 Å². The van der Waals surface area contributed by atoms with Crippen molar-refractivity contribution in [1.29, 1.82) is 0 Å². The molecular weight excluding hydrogens is 485 g/mol. The maximum atomic E-state index is 11.7. The standard InChI is InChI=1S/C11H19F3O3.C10H17F3O3.Li.H2O/c1-16-10(15)6-4-2-3-5-8-17-9-7-11(12,13)14;11-10(12,13)6-8-16-7-4-2-1-3-5-9(14)15;;/h2-9H2,1H3;1-8H2,(H,14,15);;1H2/q;;+1;/p-1. The van der Waals surface area contributed by atoms with Gasteiger partial charge in [0.25, 0.3) is 0 Å². The van der Waals surface area contributed by atoms with Crippen LogP contribution in [0.15, 0.2) is 0 Å². The van der Waals surface area contributed by atoms with Gasteiger partial charge in [0.1, 0.15) is 0 Å². The zero-order chi connectivity index (χ0) is 25.6. The van der Waals surface area contributed by atoms with Crippen molar-refractivity contribution in [3.05, 3.63) is 0 Å². The minimum Gasteiger partial charge on any atom is -0.870 e. The molecule has 0 saturated heterocycles. The SMILES string of the molecule is COC(=O)CCCCCCOCCC(F)(F)F.O=C(O)CCCCCCOCCC(F)(F)F.[Li+].[OH-]. The van der Waals surface area contributed by atoms with Gasteiger partial charge < -0.3 is 24.8 Å². The molecule has 0 fully saturated rings. The van der Waals surface area contributed by atoms with E-state index in [0.29, 0.717) is 32.5 Å². The molecule has 0 atom stereocenters. The Labute approximate surface area is 214 Å². The van der Waals surface area contributed by atoms with E-state index in [-0.39, 0.29) is 49.9 Å². The number of methoxy groups -OCH3 is 1. The average molecular weight is 522 g/mol. The summed E-state index contributed by atoms with van der Waals surface area (Å²) in [4.78, 5) is 20.9. The quantitative estimate of drug-likeness (QED) is 0.128. The summed E-state index contributed by atoms with van der Waals surface area (Å²) in [5.41, 5.74) is 0. The van der Waals surface area contributed by atoms with Crippen molar-refractivity contribution in [3.8, 4) is 0 Å². The second-order valence-corrected chi connectivity index (χ2v) is 7.25. The second-order valence-electron chi connectivity index (χ2n) is 7.25. The van der Waals surface area contributed by atoms with Crippen LogP contribution in [0.25, 0.3) is 0 Å². The Morgan fingerprint density at radius 3 is 1.37 bits per heavy atom. The third-order valence-electron chi connectivity index (χ3n) is 4.14. The van der Waals surface area contributed by atoms with E-state index in [1.165, 1.54) is 7.11 Å². The summed E-state index contributed by atoms with van der Waals surface area (Å²) in [6.45, 7) is 0.0851. The van der Waals surface area contributed by atoms with Gasteiger partial charge in [0.15, 0.2) is 0 Å². The van der Waals surface area contributed by atoms with Crippen LogP contribution in [0.4, 0.5) is 26.3 Å². The molecule has 0 spiro atoms. The van der Waals surface area contributed by atoms with E-state index in [0.717, 1.165) is 38.5 Å². The van der Waals surface area contributed by atoms with Crippen LogP contribution in [-0.4, -0.2) is 68.4 Å². The van der Waals surface area contributed by atoms with Crippen molar-refractivity contribution in [2.75, 3.05) is 33.5 Å². The summed E-state index contributed by atoms with van der Waals surface area (Å²) < 4.78 is 84.3. The molecule has 2 N–H and O–H groups in total. The van der Waals surface area contributed by atoms with Crippen LogP contribution in [0.1, 0.15) is 77.0 Å². The van der Waals surface area contributed by atoms with E-state index >= 15 is 0 Å². The predicted octanol–water partition coefficient (Wildman–Crippen LogP) is 2.90. The van der Waals surface area contributed by atoms with Gasteiger partial charge in [-0.2, -0.15) is 26.3 Å². The Morgan fingerprint density at radius 2 is 1.03 bits per heavy atom. The van der Waals surface area contributed by atoms with Crippen LogP contribution in [-0.2, 0) is 23.8 Å². The fourth-order valence-electron chi connectivity index (χ4n) is 2.34. The maximum absolute atomic E-state index is 11.7. The molecule has 0 aromatic heterocycles. The number of carbonyl (C=O) groups is 2. The smallest absolute Gasteiger partial charge is 0.870 e. The van der Waals surface area contributed by atoms with E-state index in [1.54, 1.807) is 0 Å². The number of carboxylic acid groups (broad SMARTS) is 1. The van der Waals surface area contributed by atoms with Crippen LogP contribution in [0.3, 0.4) is 0 Å². The molecule has 0 aliphatic heterocycles. The maximum Gasteiger partial charge on any atom is 1.00 e. The Morgan fingerprint density at radius 1 is 0.657 bits per heavy atom. The number of aliphatic carboxylic acids is 1. The van der Waals surface area contributed by atoms with Gasteiger partial charge in [0.2, 0.25) is 0 Å². The Bertz CT molecular complexity index is 492. The van der Waals surface area contributed by atoms with Gasteiger partial charge in [-0.1, -0.05) is 25.7 Å². The average Bonchev–Trinajstić information content (AvgIpc) is 2.69. The summed E-state index contributed by atoms with van der Waals surface area (Å²) >= 11 is 0. The number of carbonyl (C=O) groups excluding carboxylic acids is 1. The molecule has 7 nitrogen and oxygen atoms in total. The molecule has 0 bridgehead atoms. The van der Waals surface area contributed by atoms with Crippen LogP contribution in [0.2, 0.25) is 0 Å². The number of unbranched alkanes of at least 4 members (excludes halogenated alkanes) is 6. The predicted molar refractivity (Wildman–Crippen MR) is 111 cm³/mol. The Kier molecular flexibility index (Phi) is 30.6. The second kappa shape index (κ2) is 26.1. The van der Waals surface area contributed by atoms with Crippen molar-refractivity contribution >= 4 is 11.9 Å². The monoisotopic (exact) mass is 522 g/mol. The third-order valence-corrected chi connectivity index (χ3v) is 4.14. The van der Waals surface area contributed by atoms with Gasteiger partial charge in [-0.25, -0.2) is 0 Å². The van der Waals surface area contributed by atoms with Gasteiger partial charge >= 0.3 is 43.2 Å². The van der Waals surface area contributed by atoms with Gasteiger partial charge in [-0.15, -0.1) is 0 Å². The van der Waals surface area contributed by atoms with Crippen molar-refractivity contribution in [1.82, 2.24) is 0 Å². The molecule has 35 heavy (non-hydrogen) atoms. The van der Waals surface area contributed by atoms with Gasteiger partial charge in [0, 0.05) is 26.1 Å². The molecule has 0 heterocycles. The Hall–Kier alpha value is -1.00. The molecular formula is C21H37F6LiO7. The normalized spacial score (nSPS) is 10.9. The number of esters is 1.